The van der Waals surface area contributed by atoms with Crippen LogP contribution in [-0.4, -0.2) is 12.6 Å². The molecule has 0 radical (unpaired) electrons. The lowest BCUT2D eigenvalue weighted by Crippen LogP contribution is -2.19. The summed E-state index contributed by atoms with van der Waals surface area (Å²) >= 11 is 0. The number of anilines is 2. The second-order valence-corrected chi connectivity index (χ2v) is 4.32. The average Bonchev–Trinajstić information content (AvgIpc) is 2.47. The van der Waals surface area contributed by atoms with Crippen LogP contribution in [0.25, 0.3) is 0 Å². The van der Waals surface area contributed by atoms with Crippen molar-refractivity contribution in [3.63, 3.8) is 0 Å². The number of carbonyl (C=O) groups excluding carboxylic acids is 1. The first-order valence-corrected chi connectivity index (χ1v) is 6.64. The molecule has 0 aromatic heterocycles. The van der Waals surface area contributed by atoms with Crippen molar-refractivity contribution in [2.45, 2.75) is 13.3 Å². The summed E-state index contributed by atoms with van der Waals surface area (Å²) in [4.78, 5) is 11.8. The van der Waals surface area contributed by atoms with Crippen molar-refractivity contribution < 1.29 is 9.53 Å². The van der Waals surface area contributed by atoms with E-state index in [0.717, 1.165) is 23.5 Å². The largest absolute Gasteiger partial charge is 0.494 e. The first-order chi connectivity index (χ1) is 9.78. The molecular formula is C16H18N2O2. The van der Waals surface area contributed by atoms with E-state index in [0.29, 0.717) is 6.61 Å². The number of hydrogen-bond donors (Lipinski definition) is 2. The predicted octanol–water partition coefficient (Wildman–Crippen LogP) is 4.12. The molecule has 2 amide bonds. The molecule has 104 valence electrons. The Morgan fingerprint density at radius 2 is 1.55 bits per heavy atom. The molecule has 20 heavy (non-hydrogen) atoms. The lowest BCUT2D eigenvalue weighted by atomic mass is 10.3. The quantitative estimate of drug-likeness (QED) is 0.858. The Hall–Kier alpha value is -2.49. The molecule has 2 aromatic carbocycles. The highest BCUT2D eigenvalue weighted by Gasteiger charge is 2.02. The van der Waals surface area contributed by atoms with Crippen LogP contribution in [0.3, 0.4) is 0 Å². The third kappa shape index (κ3) is 4.31. The van der Waals surface area contributed by atoms with E-state index in [1.807, 2.05) is 54.6 Å². The number of ether oxygens (including phenoxy) is 1. The molecule has 0 bridgehead atoms. The maximum absolute atomic E-state index is 11.8. The lowest BCUT2D eigenvalue weighted by Gasteiger charge is -2.09. The molecule has 0 atom stereocenters. The van der Waals surface area contributed by atoms with Gasteiger partial charge in [0.1, 0.15) is 5.75 Å². The first kappa shape index (κ1) is 13.9. The Balaban J connectivity index is 1.88. The van der Waals surface area contributed by atoms with Crippen LogP contribution in [0.2, 0.25) is 0 Å². The van der Waals surface area contributed by atoms with Crippen LogP contribution >= 0.6 is 0 Å². The van der Waals surface area contributed by atoms with Crippen LogP contribution in [0, 0.1) is 0 Å². The number of benzene rings is 2. The molecule has 0 aliphatic heterocycles. The number of nitrogens with one attached hydrogen (secondary N) is 2. The highest BCUT2D eigenvalue weighted by Crippen LogP contribution is 2.16. The number of para-hydroxylation sites is 1. The van der Waals surface area contributed by atoms with Crippen LogP contribution in [0.1, 0.15) is 13.3 Å². The van der Waals surface area contributed by atoms with Crippen molar-refractivity contribution >= 4 is 17.4 Å². The molecule has 2 N–H and O–H groups in total. The third-order valence-corrected chi connectivity index (χ3v) is 2.62. The minimum Gasteiger partial charge on any atom is -0.494 e. The van der Waals surface area contributed by atoms with E-state index >= 15 is 0 Å². The normalized spacial score (nSPS) is 9.85. The van der Waals surface area contributed by atoms with Crippen LogP contribution in [0.15, 0.2) is 54.6 Å². The molecular weight excluding hydrogens is 252 g/mol. The zero-order valence-corrected chi connectivity index (χ0v) is 11.4. The Morgan fingerprint density at radius 1 is 0.950 bits per heavy atom. The average molecular weight is 270 g/mol. The zero-order valence-electron chi connectivity index (χ0n) is 11.4. The second kappa shape index (κ2) is 7.19. The molecule has 0 saturated carbocycles. The monoisotopic (exact) mass is 270 g/mol. The van der Waals surface area contributed by atoms with Gasteiger partial charge in [-0.25, -0.2) is 4.79 Å². The minimum atomic E-state index is -0.265. The fourth-order valence-corrected chi connectivity index (χ4v) is 1.67. The van der Waals surface area contributed by atoms with E-state index in [1.165, 1.54) is 0 Å². The molecule has 4 heteroatoms. The summed E-state index contributed by atoms with van der Waals surface area (Å²) in [5.74, 6) is 0.806. The van der Waals surface area contributed by atoms with Crippen molar-refractivity contribution in [1.29, 1.82) is 0 Å². The number of carbonyl (C=O) groups is 1. The van der Waals surface area contributed by atoms with E-state index in [9.17, 15) is 4.79 Å². The van der Waals surface area contributed by atoms with Gasteiger partial charge in [-0.1, -0.05) is 25.1 Å². The van der Waals surface area contributed by atoms with Gasteiger partial charge < -0.3 is 15.4 Å². The fraction of sp³-hybridized carbons (Fsp3) is 0.188. The smallest absolute Gasteiger partial charge is 0.323 e. The first-order valence-electron chi connectivity index (χ1n) is 6.64. The Labute approximate surface area is 118 Å². The molecule has 2 aromatic rings. The van der Waals surface area contributed by atoms with Gasteiger partial charge in [0.15, 0.2) is 0 Å². The molecule has 4 nitrogen and oxygen atoms in total. The summed E-state index contributed by atoms with van der Waals surface area (Å²) in [7, 11) is 0. The van der Waals surface area contributed by atoms with Gasteiger partial charge in [0.05, 0.1) is 6.61 Å². The molecule has 2 rings (SSSR count). The maximum atomic E-state index is 11.8. The fourth-order valence-electron chi connectivity index (χ4n) is 1.67. The van der Waals surface area contributed by atoms with Crippen LogP contribution in [0.5, 0.6) is 5.75 Å². The summed E-state index contributed by atoms with van der Waals surface area (Å²) in [6, 6.07) is 16.4. The minimum absolute atomic E-state index is 0.265. The summed E-state index contributed by atoms with van der Waals surface area (Å²) in [5, 5.41) is 5.53. The van der Waals surface area contributed by atoms with Crippen molar-refractivity contribution in [2.24, 2.45) is 0 Å². The van der Waals surface area contributed by atoms with Crippen molar-refractivity contribution in [3.8, 4) is 5.75 Å². The molecule has 0 fully saturated rings. The third-order valence-electron chi connectivity index (χ3n) is 2.62. The Bertz CT molecular complexity index is 538. The number of rotatable bonds is 5. The molecule has 0 aliphatic carbocycles. The zero-order chi connectivity index (χ0) is 14.2. The highest BCUT2D eigenvalue weighted by molar-refractivity contribution is 5.99. The van der Waals surface area contributed by atoms with Gasteiger partial charge >= 0.3 is 6.03 Å². The summed E-state index contributed by atoms with van der Waals surface area (Å²) in [6.45, 7) is 2.76. The molecule has 0 unspecified atom stereocenters. The second-order valence-electron chi connectivity index (χ2n) is 4.32. The molecule has 0 aliphatic rings. The van der Waals surface area contributed by atoms with Gasteiger partial charge in [-0.05, 0) is 42.8 Å². The van der Waals surface area contributed by atoms with Gasteiger partial charge in [-0.2, -0.15) is 0 Å². The van der Waals surface area contributed by atoms with Gasteiger partial charge in [-0.3, -0.25) is 0 Å². The van der Waals surface area contributed by atoms with Crippen molar-refractivity contribution in [3.05, 3.63) is 54.6 Å². The summed E-state index contributed by atoms with van der Waals surface area (Å²) in [6.07, 6.45) is 0.972. The molecule has 0 saturated heterocycles. The predicted molar refractivity (Wildman–Crippen MR) is 81.3 cm³/mol. The summed E-state index contributed by atoms with van der Waals surface area (Å²) < 4.78 is 5.48. The topological polar surface area (TPSA) is 50.4 Å². The number of hydrogen-bond acceptors (Lipinski definition) is 2. The van der Waals surface area contributed by atoms with E-state index in [2.05, 4.69) is 17.6 Å². The van der Waals surface area contributed by atoms with Crippen molar-refractivity contribution in [1.82, 2.24) is 0 Å². The standard InChI is InChI=1S/C16H18N2O2/c1-2-12-20-15-10-8-14(9-11-15)18-16(19)17-13-6-4-3-5-7-13/h3-11H,2,12H2,1H3,(H2,17,18,19). The van der Waals surface area contributed by atoms with Gasteiger partial charge in [0.25, 0.3) is 0 Å². The Kier molecular flexibility index (Phi) is 5.00. The van der Waals surface area contributed by atoms with Gasteiger partial charge in [-0.15, -0.1) is 0 Å². The van der Waals surface area contributed by atoms with E-state index in [4.69, 9.17) is 4.74 Å². The van der Waals surface area contributed by atoms with E-state index < -0.39 is 0 Å². The van der Waals surface area contributed by atoms with Crippen LogP contribution in [-0.2, 0) is 0 Å². The lowest BCUT2D eigenvalue weighted by molar-refractivity contribution is 0.262. The molecule has 0 heterocycles. The van der Waals surface area contributed by atoms with Crippen LogP contribution < -0.4 is 15.4 Å². The highest BCUT2D eigenvalue weighted by atomic mass is 16.5. The Morgan fingerprint density at radius 3 is 2.15 bits per heavy atom. The summed E-state index contributed by atoms with van der Waals surface area (Å²) in [5.41, 5.74) is 1.48. The van der Waals surface area contributed by atoms with Gasteiger partial charge in [0, 0.05) is 11.4 Å². The maximum Gasteiger partial charge on any atom is 0.323 e. The van der Waals surface area contributed by atoms with Crippen LogP contribution in [0.4, 0.5) is 16.2 Å². The number of urea groups is 1. The molecule has 0 spiro atoms. The van der Waals surface area contributed by atoms with Crippen molar-refractivity contribution in [2.75, 3.05) is 17.2 Å². The number of amides is 2. The van der Waals surface area contributed by atoms with E-state index in [-0.39, 0.29) is 6.03 Å². The van der Waals surface area contributed by atoms with Gasteiger partial charge in [0.2, 0.25) is 0 Å². The SMILES string of the molecule is CCCOc1ccc(NC(=O)Nc2ccccc2)cc1. The van der Waals surface area contributed by atoms with E-state index in [1.54, 1.807) is 0 Å².